The summed E-state index contributed by atoms with van der Waals surface area (Å²) < 4.78 is 30.4. The Morgan fingerprint density at radius 3 is 2.38 bits per heavy atom. The lowest BCUT2D eigenvalue weighted by molar-refractivity contribution is 0.432. The molecule has 11 heteroatoms. The van der Waals surface area contributed by atoms with E-state index >= 15 is 0 Å². The molecule has 0 unspecified atom stereocenters. The molecule has 0 aliphatic heterocycles. The molecule has 3 heterocycles. The Labute approximate surface area is 199 Å². The molecule has 1 fully saturated rings. The van der Waals surface area contributed by atoms with Gasteiger partial charge in [0.25, 0.3) is 5.89 Å². The molecule has 1 aliphatic rings. The lowest BCUT2D eigenvalue weighted by atomic mass is 10.1. The summed E-state index contributed by atoms with van der Waals surface area (Å²) in [6.07, 6.45) is 3.88. The second-order valence-corrected chi connectivity index (χ2v) is 10.1. The van der Waals surface area contributed by atoms with E-state index in [9.17, 15) is 8.42 Å². The number of halogens is 1. The molecule has 0 bridgehead atoms. The van der Waals surface area contributed by atoms with Crippen LogP contribution in [0.2, 0.25) is 5.02 Å². The lowest BCUT2D eigenvalue weighted by Gasteiger charge is -2.08. The van der Waals surface area contributed by atoms with Crippen LogP contribution in [0.4, 0.5) is 0 Å². The first-order valence-corrected chi connectivity index (χ1v) is 12.4. The average molecular weight is 493 g/mol. The Hall–Kier alpha value is -3.60. The van der Waals surface area contributed by atoms with E-state index in [2.05, 4.69) is 21.3 Å². The van der Waals surface area contributed by atoms with Crippen LogP contribution in [0.25, 0.3) is 39.7 Å². The zero-order chi connectivity index (χ0) is 23.4. The zero-order valence-corrected chi connectivity index (χ0v) is 19.2. The summed E-state index contributed by atoms with van der Waals surface area (Å²) in [5.41, 5.74) is 4.66. The number of benzene rings is 2. The van der Waals surface area contributed by atoms with Gasteiger partial charge in [0.15, 0.2) is 5.65 Å². The Morgan fingerprint density at radius 2 is 1.71 bits per heavy atom. The molecule has 0 amide bonds. The van der Waals surface area contributed by atoms with Crippen LogP contribution < -0.4 is 5.14 Å². The predicted octanol–water partition coefficient (Wildman–Crippen LogP) is 4.29. The Kier molecular flexibility index (Phi) is 4.76. The monoisotopic (exact) mass is 492 g/mol. The molecule has 0 saturated heterocycles. The van der Waals surface area contributed by atoms with Gasteiger partial charge in [0.05, 0.1) is 16.8 Å². The average Bonchev–Trinajstić information content (AvgIpc) is 3.40. The van der Waals surface area contributed by atoms with Gasteiger partial charge >= 0.3 is 0 Å². The second kappa shape index (κ2) is 7.73. The van der Waals surface area contributed by atoms with Gasteiger partial charge in [-0.15, -0.1) is 0 Å². The van der Waals surface area contributed by atoms with E-state index in [1.165, 1.54) is 12.1 Å². The summed E-state index contributed by atoms with van der Waals surface area (Å²) in [7, 11) is -3.78. The van der Waals surface area contributed by atoms with Crippen molar-refractivity contribution >= 4 is 27.3 Å². The van der Waals surface area contributed by atoms with Crippen molar-refractivity contribution in [1.29, 1.82) is 0 Å². The first kappa shape index (κ1) is 21.0. The van der Waals surface area contributed by atoms with Crippen molar-refractivity contribution < 1.29 is 12.9 Å². The van der Waals surface area contributed by atoms with E-state index in [-0.39, 0.29) is 10.8 Å². The number of rotatable bonds is 5. The fourth-order valence-electron chi connectivity index (χ4n) is 3.82. The number of nitrogens with two attached hydrogens (primary N) is 1. The first-order chi connectivity index (χ1) is 16.4. The van der Waals surface area contributed by atoms with Crippen LogP contribution in [0.15, 0.2) is 70.2 Å². The van der Waals surface area contributed by atoms with Gasteiger partial charge < -0.3 is 4.52 Å². The van der Waals surface area contributed by atoms with Crippen molar-refractivity contribution in [1.82, 2.24) is 24.7 Å². The largest absolute Gasteiger partial charge is 0.333 e. The fourth-order valence-corrected chi connectivity index (χ4v) is 4.46. The van der Waals surface area contributed by atoms with Gasteiger partial charge in [-0.2, -0.15) is 10.1 Å². The molecule has 6 rings (SSSR count). The molecule has 0 atom stereocenters. The van der Waals surface area contributed by atoms with E-state index in [0.29, 0.717) is 33.5 Å². The van der Waals surface area contributed by atoms with Gasteiger partial charge in [0, 0.05) is 27.8 Å². The molecule has 3 aromatic heterocycles. The summed E-state index contributed by atoms with van der Waals surface area (Å²) in [6, 6.07) is 15.6. The number of primary sulfonamides is 1. The topological polar surface area (TPSA) is 129 Å². The Morgan fingerprint density at radius 1 is 1.00 bits per heavy atom. The summed E-state index contributed by atoms with van der Waals surface area (Å²) in [5, 5.41) is 14.4. The van der Waals surface area contributed by atoms with Crippen LogP contribution in [0, 0.1) is 0 Å². The summed E-state index contributed by atoms with van der Waals surface area (Å²) in [5.74, 6) is 1.01. The zero-order valence-electron chi connectivity index (χ0n) is 17.6. The molecule has 5 aromatic rings. The number of hydrogen-bond acceptors (Lipinski definition) is 7. The maximum atomic E-state index is 11.5. The molecule has 2 N–H and O–H groups in total. The highest BCUT2D eigenvalue weighted by Crippen LogP contribution is 2.42. The van der Waals surface area contributed by atoms with Crippen molar-refractivity contribution in [3.05, 3.63) is 71.5 Å². The van der Waals surface area contributed by atoms with Gasteiger partial charge in [-0.25, -0.2) is 23.1 Å². The SMILES string of the molecule is NS(=O)(=O)c1ccc(-c2noc(-c3cnn4c(C5CC5)cc(-c5ccc(Cl)cc5)nc34)n2)cc1. The maximum Gasteiger partial charge on any atom is 0.263 e. The van der Waals surface area contributed by atoms with Crippen molar-refractivity contribution in [3.63, 3.8) is 0 Å². The standard InChI is InChI=1S/C23H17ClN6O3S/c24-16-7-3-13(4-8-16)19-11-20(14-1-2-14)30-22(27-19)18(12-26-30)23-28-21(29-33-23)15-5-9-17(10-6-15)34(25,31)32/h3-12,14H,1-2H2,(H2,25,31,32). The first-order valence-electron chi connectivity index (χ1n) is 10.5. The molecule has 0 radical (unpaired) electrons. The van der Waals surface area contributed by atoms with Crippen LogP contribution in [-0.4, -0.2) is 33.2 Å². The lowest BCUT2D eigenvalue weighted by Crippen LogP contribution is -2.11. The summed E-state index contributed by atoms with van der Waals surface area (Å²) >= 11 is 6.06. The highest BCUT2D eigenvalue weighted by atomic mass is 35.5. The van der Waals surface area contributed by atoms with E-state index in [1.54, 1.807) is 18.3 Å². The third-order valence-corrected chi connectivity index (χ3v) is 6.91. The number of sulfonamides is 1. The van der Waals surface area contributed by atoms with Crippen LogP contribution in [0.3, 0.4) is 0 Å². The number of nitrogens with zero attached hydrogens (tertiary/aromatic N) is 5. The van der Waals surface area contributed by atoms with Gasteiger partial charge in [0.2, 0.25) is 15.8 Å². The molecular weight excluding hydrogens is 476 g/mol. The number of aromatic nitrogens is 5. The molecule has 2 aromatic carbocycles. The van der Waals surface area contributed by atoms with E-state index in [1.807, 2.05) is 28.8 Å². The normalized spacial score (nSPS) is 14.1. The molecule has 1 saturated carbocycles. The fraction of sp³-hybridized carbons (Fsp3) is 0.130. The number of fused-ring (bicyclic) bond motifs is 1. The molecule has 1 aliphatic carbocycles. The third kappa shape index (κ3) is 3.75. The highest BCUT2D eigenvalue weighted by molar-refractivity contribution is 7.89. The molecule has 170 valence electrons. The van der Waals surface area contributed by atoms with Gasteiger partial charge in [-0.05, 0) is 55.3 Å². The highest BCUT2D eigenvalue weighted by Gasteiger charge is 2.29. The van der Waals surface area contributed by atoms with Crippen molar-refractivity contribution in [2.45, 2.75) is 23.7 Å². The van der Waals surface area contributed by atoms with E-state index in [0.717, 1.165) is 29.8 Å². The van der Waals surface area contributed by atoms with E-state index < -0.39 is 10.0 Å². The Balaban J connectivity index is 1.43. The third-order valence-electron chi connectivity index (χ3n) is 5.73. The molecule has 0 spiro atoms. The van der Waals surface area contributed by atoms with Crippen LogP contribution in [0.5, 0.6) is 0 Å². The van der Waals surface area contributed by atoms with Crippen molar-refractivity contribution in [3.8, 4) is 34.1 Å². The second-order valence-electron chi connectivity index (χ2n) is 8.13. The minimum absolute atomic E-state index is 0.00845. The minimum atomic E-state index is -3.78. The predicted molar refractivity (Wildman–Crippen MR) is 126 cm³/mol. The number of hydrogen-bond donors (Lipinski definition) is 1. The van der Waals surface area contributed by atoms with Gasteiger partial charge in [-0.3, -0.25) is 0 Å². The molecule has 34 heavy (non-hydrogen) atoms. The summed E-state index contributed by atoms with van der Waals surface area (Å²) in [4.78, 5) is 9.36. The van der Waals surface area contributed by atoms with Crippen molar-refractivity contribution in [2.75, 3.05) is 0 Å². The molecule has 9 nitrogen and oxygen atoms in total. The molecular formula is C23H17ClN6O3S. The smallest absolute Gasteiger partial charge is 0.263 e. The van der Waals surface area contributed by atoms with Crippen LogP contribution >= 0.6 is 11.6 Å². The van der Waals surface area contributed by atoms with Crippen LogP contribution in [0.1, 0.15) is 24.5 Å². The van der Waals surface area contributed by atoms with Gasteiger partial charge in [0.1, 0.15) is 5.56 Å². The maximum absolute atomic E-state index is 11.5. The quantitative estimate of drug-likeness (QED) is 0.387. The minimum Gasteiger partial charge on any atom is -0.333 e. The van der Waals surface area contributed by atoms with Gasteiger partial charge in [-0.1, -0.05) is 28.9 Å². The summed E-state index contributed by atoms with van der Waals surface area (Å²) in [6.45, 7) is 0. The van der Waals surface area contributed by atoms with Crippen molar-refractivity contribution in [2.24, 2.45) is 5.14 Å². The van der Waals surface area contributed by atoms with E-state index in [4.69, 9.17) is 26.2 Å². The Bertz CT molecular complexity index is 1640. The van der Waals surface area contributed by atoms with Crippen LogP contribution in [-0.2, 0) is 10.0 Å².